The number of nitrogens with zero attached hydrogens (tertiary/aromatic N) is 1. The summed E-state index contributed by atoms with van der Waals surface area (Å²) in [6, 6.07) is -0.456. The molecular weight excluding hydrogens is 401 g/mol. The molecule has 3 fully saturated rings. The molecule has 3 rings (SSSR count). The normalized spacial score (nSPS) is 31.5. The maximum Gasteiger partial charge on any atom is 0.254 e. The van der Waals surface area contributed by atoms with Gasteiger partial charge in [-0.1, -0.05) is 13.8 Å². The number of halogens is 3. The van der Waals surface area contributed by atoms with Gasteiger partial charge in [0, 0.05) is 24.6 Å². The van der Waals surface area contributed by atoms with Crippen LogP contribution >= 0.6 is 0 Å². The lowest BCUT2D eigenvalue weighted by Gasteiger charge is -2.29. The molecular formula is C24H41F3N4. The Kier molecular flexibility index (Phi) is 8.47. The van der Waals surface area contributed by atoms with Crippen LogP contribution in [0, 0.1) is 23.2 Å². The molecule has 4 nitrogen and oxygen atoms in total. The van der Waals surface area contributed by atoms with Gasteiger partial charge in [-0.05, 0) is 89.3 Å². The van der Waals surface area contributed by atoms with E-state index < -0.39 is 17.4 Å². The highest BCUT2D eigenvalue weighted by Gasteiger charge is 2.70. The van der Waals surface area contributed by atoms with Gasteiger partial charge in [0.25, 0.3) is 5.92 Å². The molecule has 0 radical (unpaired) electrons. The summed E-state index contributed by atoms with van der Waals surface area (Å²) in [6.45, 7) is 9.40. The molecule has 2 unspecified atom stereocenters. The molecule has 1 spiro atoms. The standard InChI is InChI=1S/C24H41F3N4/c1-4-17(2)13-30-22(31-15-20-7-11-28-12-8-20)21(25)18(3)29-14-19-5-9-23(10-6-19)16-24(23,26)27/h13,17-20,28-29,31H,4-12,14-16H2,1-3H3/b22-21-,30-13-. The summed E-state index contributed by atoms with van der Waals surface area (Å²) in [5, 5.41) is 9.92. The summed E-state index contributed by atoms with van der Waals surface area (Å²) < 4.78 is 42.4. The van der Waals surface area contributed by atoms with E-state index in [-0.39, 0.29) is 12.2 Å². The number of aliphatic imine (C=N–C) groups is 1. The Morgan fingerprint density at radius 3 is 2.29 bits per heavy atom. The van der Waals surface area contributed by atoms with Crippen molar-refractivity contribution in [3.8, 4) is 0 Å². The highest BCUT2D eigenvalue weighted by molar-refractivity contribution is 5.61. The van der Waals surface area contributed by atoms with Crippen molar-refractivity contribution in [2.24, 2.45) is 28.2 Å². The van der Waals surface area contributed by atoms with Crippen LogP contribution in [-0.4, -0.2) is 44.4 Å². The van der Waals surface area contributed by atoms with Crippen molar-refractivity contribution < 1.29 is 13.2 Å². The van der Waals surface area contributed by atoms with Crippen LogP contribution in [0.25, 0.3) is 0 Å². The SMILES string of the molecule is CCC(C)/C=N\C(NCC1CCNCC1)=C(\F)C(C)NCC1CCC2(CC1)CC2(F)F. The summed E-state index contributed by atoms with van der Waals surface area (Å²) in [6.07, 6.45) is 7.83. The maximum absolute atomic E-state index is 15.3. The second kappa shape index (κ2) is 10.7. The first kappa shape index (κ1) is 24.6. The van der Waals surface area contributed by atoms with E-state index in [2.05, 4.69) is 34.8 Å². The Bertz CT molecular complexity index is 635. The summed E-state index contributed by atoms with van der Waals surface area (Å²) in [5.74, 6) is -1.22. The largest absolute Gasteiger partial charge is 0.368 e. The lowest BCUT2D eigenvalue weighted by Crippen LogP contribution is -2.36. The average Bonchev–Trinajstić information content (AvgIpc) is 3.31. The smallest absolute Gasteiger partial charge is 0.254 e. The fourth-order valence-electron chi connectivity index (χ4n) is 4.82. The molecule has 0 amide bonds. The van der Waals surface area contributed by atoms with E-state index >= 15 is 4.39 Å². The van der Waals surface area contributed by atoms with Gasteiger partial charge in [-0.15, -0.1) is 0 Å². The minimum atomic E-state index is -2.45. The lowest BCUT2D eigenvalue weighted by atomic mass is 9.79. The molecule has 3 aliphatic rings. The van der Waals surface area contributed by atoms with Gasteiger partial charge in [0.1, 0.15) is 0 Å². The lowest BCUT2D eigenvalue weighted by molar-refractivity contribution is 0.0405. The van der Waals surface area contributed by atoms with Gasteiger partial charge in [0.15, 0.2) is 11.6 Å². The summed E-state index contributed by atoms with van der Waals surface area (Å²) in [7, 11) is 0. The Labute approximate surface area is 185 Å². The number of alkyl halides is 2. The summed E-state index contributed by atoms with van der Waals surface area (Å²) >= 11 is 0. The fourth-order valence-corrected chi connectivity index (χ4v) is 4.82. The second-order valence-corrected chi connectivity index (χ2v) is 10.2. The third-order valence-corrected chi connectivity index (χ3v) is 7.71. The molecule has 0 aromatic heterocycles. The molecule has 1 heterocycles. The van der Waals surface area contributed by atoms with Gasteiger partial charge in [0.05, 0.1) is 6.04 Å². The van der Waals surface area contributed by atoms with E-state index in [1.807, 2.05) is 13.1 Å². The first-order valence-corrected chi connectivity index (χ1v) is 12.3. The van der Waals surface area contributed by atoms with E-state index in [0.717, 1.165) is 51.7 Å². The molecule has 2 saturated carbocycles. The van der Waals surface area contributed by atoms with E-state index in [1.165, 1.54) is 0 Å². The predicted octanol–water partition coefficient (Wildman–Crippen LogP) is 5.02. The van der Waals surface area contributed by atoms with Gasteiger partial charge in [-0.25, -0.2) is 18.2 Å². The van der Waals surface area contributed by atoms with Gasteiger partial charge in [-0.2, -0.15) is 0 Å². The van der Waals surface area contributed by atoms with Crippen molar-refractivity contribution in [3.63, 3.8) is 0 Å². The summed E-state index contributed by atoms with van der Waals surface area (Å²) in [4.78, 5) is 4.47. The topological polar surface area (TPSA) is 48.5 Å². The maximum atomic E-state index is 15.3. The van der Waals surface area contributed by atoms with Crippen molar-refractivity contribution >= 4 is 6.21 Å². The van der Waals surface area contributed by atoms with Crippen molar-refractivity contribution in [1.82, 2.24) is 16.0 Å². The van der Waals surface area contributed by atoms with Crippen LogP contribution in [0.1, 0.15) is 72.1 Å². The molecule has 0 aromatic carbocycles. The average molecular weight is 443 g/mol. The highest BCUT2D eigenvalue weighted by Crippen LogP contribution is 2.67. The zero-order valence-corrected chi connectivity index (χ0v) is 19.5. The Morgan fingerprint density at radius 1 is 1.10 bits per heavy atom. The number of nitrogens with one attached hydrogen (secondary N) is 3. The van der Waals surface area contributed by atoms with Crippen LogP contribution < -0.4 is 16.0 Å². The molecule has 3 N–H and O–H groups in total. The number of rotatable bonds is 10. The quantitative estimate of drug-likeness (QED) is 0.416. The number of piperidine rings is 1. The second-order valence-electron chi connectivity index (χ2n) is 10.2. The van der Waals surface area contributed by atoms with Crippen molar-refractivity contribution in [2.45, 2.75) is 84.1 Å². The molecule has 31 heavy (non-hydrogen) atoms. The van der Waals surface area contributed by atoms with Crippen molar-refractivity contribution in [3.05, 3.63) is 11.6 Å². The molecule has 1 aliphatic heterocycles. The molecule has 2 atom stereocenters. The van der Waals surface area contributed by atoms with Gasteiger partial charge < -0.3 is 16.0 Å². The van der Waals surface area contributed by atoms with Gasteiger partial charge >= 0.3 is 0 Å². The predicted molar refractivity (Wildman–Crippen MR) is 121 cm³/mol. The zero-order chi connectivity index (χ0) is 22.5. The molecule has 178 valence electrons. The third-order valence-electron chi connectivity index (χ3n) is 7.71. The van der Waals surface area contributed by atoms with Crippen LogP contribution in [0.4, 0.5) is 13.2 Å². The van der Waals surface area contributed by atoms with Crippen LogP contribution in [0.15, 0.2) is 16.6 Å². The summed E-state index contributed by atoms with van der Waals surface area (Å²) in [5.41, 5.74) is -0.712. The molecule has 1 saturated heterocycles. The minimum Gasteiger partial charge on any atom is -0.368 e. The van der Waals surface area contributed by atoms with E-state index in [0.29, 0.717) is 43.0 Å². The van der Waals surface area contributed by atoms with E-state index in [1.54, 1.807) is 0 Å². The van der Waals surface area contributed by atoms with E-state index in [9.17, 15) is 8.78 Å². The zero-order valence-electron chi connectivity index (χ0n) is 19.5. The molecule has 2 aliphatic carbocycles. The van der Waals surface area contributed by atoms with E-state index in [4.69, 9.17) is 0 Å². The first-order chi connectivity index (χ1) is 14.8. The van der Waals surface area contributed by atoms with Gasteiger partial charge in [-0.3, -0.25) is 0 Å². The van der Waals surface area contributed by atoms with Crippen LogP contribution in [-0.2, 0) is 0 Å². The van der Waals surface area contributed by atoms with Crippen LogP contribution in [0.3, 0.4) is 0 Å². The monoisotopic (exact) mass is 442 g/mol. The van der Waals surface area contributed by atoms with Crippen molar-refractivity contribution in [1.29, 1.82) is 0 Å². The molecule has 0 aromatic rings. The van der Waals surface area contributed by atoms with Crippen molar-refractivity contribution in [2.75, 3.05) is 26.2 Å². The molecule has 7 heteroatoms. The highest BCUT2D eigenvalue weighted by atomic mass is 19.3. The Balaban J connectivity index is 1.53. The van der Waals surface area contributed by atoms with Crippen LogP contribution in [0.2, 0.25) is 0 Å². The third kappa shape index (κ3) is 6.47. The number of hydrogen-bond donors (Lipinski definition) is 3. The number of hydrogen-bond acceptors (Lipinski definition) is 4. The Morgan fingerprint density at radius 2 is 1.71 bits per heavy atom. The Hall–Kier alpha value is -1.08. The molecule has 0 bridgehead atoms. The minimum absolute atomic E-state index is 0.0637. The fraction of sp³-hybridized carbons (Fsp3) is 0.875. The first-order valence-electron chi connectivity index (χ1n) is 12.3. The van der Waals surface area contributed by atoms with Gasteiger partial charge in [0.2, 0.25) is 0 Å². The van der Waals surface area contributed by atoms with Crippen LogP contribution in [0.5, 0.6) is 0 Å².